The molecular weight excluding hydrogens is 444 g/mol. The van der Waals surface area contributed by atoms with Gasteiger partial charge in [-0.05, 0) is 70.6 Å². The molecule has 2 aromatic carbocycles. The van der Waals surface area contributed by atoms with Crippen molar-refractivity contribution in [3.8, 4) is 0 Å². The first-order valence-electron chi connectivity index (χ1n) is 14.3. The number of ether oxygens (including phenoxy) is 2. The Morgan fingerprint density at radius 3 is 2.60 bits per heavy atom. The van der Waals surface area contributed by atoms with E-state index in [1.165, 1.54) is 4.90 Å². The van der Waals surface area contributed by atoms with Crippen molar-refractivity contribution in [3.63, 3.8) is 0 Å². The van der Waals surface area contributed by atoms with Gasteiger partial charge in [0.1, 0.15) is 18.2 Å². The highest BCUT2D eigenvalue weighted by atomic mass is 16.6. The summed E-state index contributed by atoms with van der Waals surface area (Å²) in [4.78, 5) is 40.8. The van der Waals surface area contributed by atoms with Crippen LogP contribution in [-0.2, 0) is 36.7 Å². The summed E-state index contributed by atoms with van der Waals surface area (Å²) in [6, 6.07) is 3.35. The standard InChI is InChI=1S/C28H36N2O5/c1-5-34-27(33)23(17-15-20-11-7-6-8-12-20)29-22-18-16-21-13-9-10-14-24(21)30(26(22)32)19-25(31)35-28(2,3)4/h6-14,22-23,29H,5,15-19H2,1-4H3/t22?,23-/m0/s1/i6D,7D,8D,11D,12D. The number of carbonyl (C=O) groups excluding carboxylic acids is 3. The Kier molecular flexibility index (Phi) is 6.86. The zero-order valence-electron chi connectivity index (χ0n) is 25.7. The fourth-order valence-corrected chi connectivity index (χ4v) is 3.98. The predicted octanol–water partition coefficient (Wildman–Crippen LogP) is 3.83. The van der Waals surface area contributed by atoms with Crippen LogP contribution in [0.2, 0.25) is 0 Å². The summed E-state index contributed by atoms with van der Waals surface area (Å²) in [5.41, 5.74) is 0.805. The van der Waals surface area contributed by atoms with Gasteiger partial charge in [0.05, 0.1) is 19.5 Å². The monoisotopic (exact) mass is 485 g/mol. The third-order valence-corrected chi connectivity index (χ3v) is 5.46. The summed E-state index contributed by atoms with van der Waals surface area (Å²) in [5.74, 6) is -1.60. The topological polar surface area (TPSA) is 84.9 Å². The SMILES string of the molecule is [2H]c1c([2H])c([2H])c(CC[C@H](NC2CCc3ccccc3N(CC(=O)OC(C)(C)C)C2=O)C(=O)OCC)c([2H])c1[2H]. The highest BCUT2D eigenvalue weighted by Gasteiger charge is 2.35. The molecule has 0 bridgehead atoms. The van der Waals surface area contributed by atoms with Gasteiger partial charge in [-0.3, -0.25) is 24.6 Å². The summed E-state index contributed by atoms with van der Waals surface area (Å²) in [6.07, 6.45) is 0.846. The zero-order valence-corrected chi connectivity index (χ0v) is 20.7. The Bertz CT molecular complexity index is 1250. The van der Waals surface area contributed by atoms with E-state index in [9.17, 15) is 14.4 Å². The van der Waals surface area contributed by atoms with Crippen LogP contribution >= 0.6 is 0 Å². The van der Waals surface area contributed by atoms with Crippen LogP contribution in [-0.4, -0.2) is 48.7 Å². The number of para-hydroxylation sites is 1. The highest BCUT2D eigenvalue weighted by molar-refractivity contribution is 6.02. The number of fused-ring (bicyclic) bond motifs is 1. The summed E-state index contributed by atoms with van der Waals surface area (Å²) < 4.78 is 50.7. The van der Waals surface area contributed by atoms with E-state index in [1.807, 2.05) is 12.1 Å². The highest BCUT2D eigenvalue weighted by Crippen LogP contribution is 2.27. The normalized spacial score (nSPS) is 18.7. The van der Waals surface area contributed by atoms with Crippen LogP contribution in [0.15, 0.2) is 54.5 Å². The third kappa shape index (κ3) is 7.65. The van der Waals surface area contributed by atoms with Gasteiger partial charge in [-0.15, -0.1) is 0 Å². The molecule has 1 N–H and O–H groups in total. The molecule has 7 nitrogen and oxygen atoms in total. The van der Waals surface area contributed by atoms with Crippen LogP contribution in [0.1, 0.15) is 58.5 Å². The molecule has 188 valence electrons. The maximum absolute atomic E-state index is 13.8. The summed E-state index contributed by atoms with van der Waals surface area (Å²) in [6.45, 7) is 6.67. The van der Waals surface area contributed by atoms with Gasteiger partial charge in [0.2, 0.25) is 5.91 Å². The van der Waals surface area contributed by atoms with Crippen molar-refractivity contribution in [1.82, 2.24) is 5.32 Å². The third-order valence-electron chi connectivity index (χ3n) is 5.46. The molecule has 7 heteroatoms. The van der Waals surface area contributed by atoms with Crippen LogP contribution < -0.4 is 10.2 Å². The molecule has 0 aromatic heterocycles. The Morgan fingerprint density at radius 2 is 1.91 bits per heavy atom. The van der Waals surface area contributed by atoms with E-state index >= 15 is 0 Å². The number of hydrogen-bond acceptors (Lipinski definition) is 6. The smallest absolute Gasteiger partial charge is 0.326 e. The van der Waals surface area contributed by atoms with E-state index in [4.69, 9.17) is 16.3 Å². The minimum Gasteiger partial charge on any atom is -0.465 e. The molecule has 1 aliphatic heterocycles. The lowest BCUT2D eigenvalue weighted by atomic mass is 10.0. The number of benzene rings is 2. The van der Waals surface area contributed by atoms with Gasteiger partial charge in [-0.25, -0.2) is 0 Å². The number of carbonyl (C=O) groups is 3. The summed E-state index contributed by atoms with van der Waals surface area (Å²) >= 11 is 0. The minimum absolute atomic E-state index is 0.0189. The fraction of sp³-hybridized carbons (Fsp3) is 0.464. The van der Waals surface area contributed by atoms with Crippen LogP contribution in [0.25, 0.3) is 0 Å². The molecule has 3 rings (SSSR count). The maximum Gasteiger partial charge on any atom is 0.326 e. The van der Waals surface area contributed by atoms with Crippen LogP contribution in [0, 0.1) is 0 Å². The molecule has 2 atom stereocenters. The number of nitrogens with zero attached hydrogens (tertiary/aromatic N) is 1. The van der Waals surface area contributed by atoms with Crippen LogP contribution in [0.5, 0.6) is 0 Å². The number of anilines is 1. The second-order valence-corrected chi connectivity index (χ2v) is 9.34. The number of esters is 2. The van der Waals surface area contributed by atoms with Gasteiger partial charge in [0.15, 0.2) is 0 Å². The molecule has 1 amide bonds. The van der Waals surface area contributed by atoms with Crippen molar-refractivity contribution in [2.75, 3.05) is 18.1 Å². The molecule has 0 fully saturated rings. The lowest BCUT2D eigenvalue weighted by Gasteiger charge is -2.29. The zero-order chi connectivity index (χ0) is 29.8. The van der Waals surface area contributed by atoms with Crippen molar-refractivity contribution in [3.05, 3.63) is 65.6 Å². The van der Waals surface area contributed by atoms with Crippen molar-refractivity contribution >= 4 is 23.5 Å². The molecule has 35 heavy (non-hydrogen) atoms. The van der Waals surface area contributed by atoms with E-state index in [1.54, 1.807) is 39.8 Å². The molecule has 0 spiro atoms. The molecule has 1 aliphatic rings. The Labute approximate surface area is 214 Å². The Morgan fingerprint density at radius 1 is 1.20 bits per heavy atom. The minimum atomic E-state index is -1.00. The van der Waals surface area contributed by atoms with Gasteiger partial charge in [-0.2, -0.15) is 0 Å². The van der Waals surface area contributed by atoms with Crippen LogP contribution in [0.4, 0.5) is 5.69 Å². The van der Waals surface area contributed by atoms with E-state index in [2.05, 4.69) is 5.32 Å². The molecule has 0 saturated carbocycles. The average Bonchev–Trinajstić information content (AvgIpc) is 3.01. The van der Waals surface area contributed by atoms with Crippen molar-refractivity contribution in [2.45, 2.75) is 71.1 Å². The van der Waals surface area contributed by atoms with Crippen molar-refractivity contribution in [1.29, 1.82) is 0 Å². The van der Waals surface area contributed by atoms with Gasteiger partial charge in [0.25, 0.3) is 0 Å². The van der Waals surface area contributed by atoms with Crippen molar-refractivity contribution < 1.29 is 30.7 Å². The van der Waals surface area contributed by atoms with E-state index in [0.29, 0.717) is 18.5 Å². The van der Waals surface area contributed by atoms with Gasteiger partial charge >= 0.3 is 11.9 Å². The molecule has 0 saturated heterocycles. The predicted molar refractivity (Wildman–Crippen MR) is 135 cm³/mol. The lowest BCUT2D eigenvalue weighted by molar-refractivity contribution is -0.154. The molecule has 2 aromatic rings. The maximum atomic E-state index is 13.8. The number of amides is 1. The fourth-order valence-electron chi connectivity index (χ4n) is 3.98. The second-order valence-electron chi connectivity index (χ2n) is 9.34. The van der Waals surface area contributed by atoms with E-state index in [-0.39, 0.29) is 43.6 Å². The molecule has 0 radical (unpaired) electrons. The van der Waals surface area contributed by atoms with Gasteiger partial charge in [0, 0.05) is 5.69 Å². The summed E-state index contributed by atoms with van der Waals surface area (Å²) in [7, 11) is 0. The first-order chi connectivity index (χ1) is 18.7. The Balaban J connectivity index is 1.88. The number of nitrogens with one attached hydrogen (secondary N) is 1. The van der Waals surface area contributed by atoms with Crippen LogP contribution in [0.3, 0.4) is 0 Å². The molecule has 0 aliphatic carbocycles. The summed E-state index contributed by atoms with van der Waals surface area (Å²) in [5, 5.41) is 3.10. The first-order valence-corrected chi connectivity index (χ1v) is 11.8. The van der Waals surface area contributed by atoms with E-state index < -0.39 is 53.7 Å². The molecule has 1 unspecified atom stereocenters. The Hall–Kier alpha value is -3.19. The number of rotatable bonds is 9. The average molecular weight is 486 g/mol. The van der Waals surface area contributed by atoms with E-state index in [0.717, 1.165) is 5.56 Å². The van der Waals surface area contributed by atoms with Crippen molar-refractivity contribution in [2.24, 2.45) is 0 Å². The molecule has 1 heterocycles. The lowest BCUT2D eigenvalue weighted by Crippen LogP contribution is -2.53. The first kappa shape index (κ1) is 20.0. The quantitative estimate of drug-likeness (QED) is 0.544. The number of hydrogen-bond donors (Lipinski definition) is 1. The van der Waals surface area contributed by atoms with Gasteiger partial charge in [-0.1, -0.05) is 48.4 Å². The molecular formula is C28H36N2O5. The second kappa shape index (κ2) is 12.0. The van der Waals surface area contributed by atoms with Gasteiger partial charge < -0.3 is 9.47 Å². The largest absolute Gasteiger partial charge is 0.465 e. The number of aryl methyl sites for hydroxylation is 1.